The van der Waals surface area contributed by atoms with Crippen LogP contribution in [0, 0.1) is 5.92 Å². The molecule has 1 aliphatic heterocycles. The van der Waals surface area contributed by atoms with E-state index in [0.717, 1.165) is 24.9 Å². The largest absolute Gasteiger partial charge is 0.376 e. The van der Waals surface area contributed by atoms with Gasteiger partial charge in [0, 0.05) is 25.9 Å². The maximum absolute atomic E-state index is 12.8. The zero-order chi connectivity index (χ0) is 20.6. The first-order chi connectivity index (χ1) is 14.8. The summed E-state index contributed by atoms with van der Waals surface area (Å²) < 4.78 is 11.3. The first-order valence-electron chi connectivity index (χ1n) is 11.5. The molecule has 30 heavy (non-hydrogen) atoms. The van der Waals surface area contributed by atoms with Gasteiger partial charge in [0.25, 0.3) is 0 Å². The molecule has 6 nitrogen and oxygen atoms in total. The first kappa shape index (κ1) is 21.0. The Morgan fingerprint density at radius 3 is 2.77 bits per heavy atom. The smallest absolute Gasteiger partial charge is 0.231 e. The topological polar surface area (TPSA) is 68.5 Å². The number of hydrogen-bond donors (Lipinski definition) is 0. The molecule has 0 N–H and O–H groups in total. The fourth-order valence-electron chi connectivity index (χ4n) is 4.64. The fourth-order valence-corrected chi connectivity index (χ4v) is 4.64. The Bertz CT molecular complexity index is 786. The molecule has 0 bridgehead atoms. The number of ether oxygens (including phenoxy) is 1. The summed E-state index contributed by atoms with van der Waals surface area (Å²) in [6.45, 7) is 2.71. The van der Waals surface area contributed by atoms with E-state index in [9.17, 15) is 4.79 Å². The van der Waals surface area contributed by atoms with Gasteiger partial charge in [-0.1, -0.05) is 54.8 Å². The highest BCUT2D eigenvalue weighted by Crippen LogP contribution is 2.30. The molecule has 0 radical (unpaired) electrons. The van der Waals surface area contributed by atoms with Gasteiger partial charge in [0.2, 0.25) is 11.8 Å². The Morgan fingerprint density at radius 2 is 1.93 bits per heavy atom. The minimum Gasteiger partial charge on any atom is -0.376 e. The second-order valence-corrected chi connectivity index (χ2v) is 8.72. The minimum absolute atomic E-state index is 0.153. The molecule has 162 valence electrons. The molecule has 2 aliphatic rings. The zero-order valence-corrected chi connectivity index (χ0v) is 17.8. The van der Waals surface area contributed by atoms with Gasteiger partial charge in [-0.15, -0.1) is 0 Å². The summed E-state index contributed by atoms with van der Waals surface area (Å²) in [7, 11) is 0. The third kappa shape index (κ3) is 5.91. The number of carbonyl (C=O) groups is 1. The van der Waals surface area contributed by atoms with Crippen LogP contribution in [0.2, 0.25) is 0 Å². The predicted molar refractivity (Wildman–Crippen MR) is 114 cm³/mol. The molecule has 1 amide bonds. The Labute approximate surface area is 179 Å². The molecule has 2 fully saturated rings. The quantitative estimate of drug-likeness (QED) is 0.598. The molecule has 1 aromatic heterocycles. The van der Waals surface area contributed by atoms with E-state index in [0.29, 0.717) is 56.1 Å². The van der Waals surface area contributed by atoms with Crippen LogP contribution in [0.15, 0.2) is 34.9 Å². The van der Waals surface area contributed by atoms with Gasteiger partial charge >= 0.3 is 0 Å². The van der Waals surface area contributed by atoms with Gasteiger partial charge in [0.1, 0.15) is 0 Å². The number of hydrogen-bond acceptors (Lipinski definition) is 5. The normalized spacial score (nSPS) is 20.4. The van der Waals surface area contributed by atoms with Crippen molar-refractivity contribution >= 4 is 5.91 Å². The molecular formula is C24H33N3O3. The van der Waals surface area contributed by atoms with Crippen LogP contribution in [0.5, 0.6) is 0 Å². The highest BCUT2D eigenvalue weighted by atomic mass is 16.5. The molecule has 1 aromatic carbocycles. The number of carbonyl (C=O) groups excluding carboxylic acids is 1. The zero-order valence-electron chi connectivity index (χ0n) is 17.8. The maximum atomic E-state index is 12.8. The van der Waals surface area contributed by atoms with Gasteiger partial charge in [-0.2, -0.15) is 4.98 Å². The third-order valence-electron chi connectivity index (χ3n) is 6.38. The van der Waals surface area contributed by atoms with Crippen molar-refractivity contribution in [1.29, 1.82) is 0 Å². The highest BCUT2D eigenvalue weighted by molar-refractivity contribution is 5.76. The molecule has 1 saturated heterocycles. The number of amides is 1. The molecule has 1 atom stereocenters. The number of rotatable bonds is 8. The second-order valence-electron chi connectivity index (χ2n) is 8.72. The Hall–Kier alpha value is -2.21. The fraction of sp³-hybridized carbons (Fsp3) is 0.625. The van der Waals surface area contributed by atoms with Crippen molar-refractivity contribution in [2.75, 3.05) is 19.7 Å². The number of likely N-dealkylation sites (tertiary alicyclic amines) is 1. The van der Waals surface area contributed by atoms with E-state index in [1.807, 2.05) is 23.1 Å². The van der Waals surface area contributed by atoms with E-state index in [2.05, 4.69) is 22.3 Å². The third-order valence-corrected chi connectivity index (χ3v) is 6.38. The Balaban J connectivity index is 1.22. The molecule has 0 spiro atoms. The van der Waals surface area contributed by atoms with E-state index >= 15 is 0 Å². The lowest BCUT2D eigenvalue weighted by molar-refractivity contribution is -0.133. The van der Waals surface area contributed by atoms with Crippen molar-refractivity contribution in [2.45, 2.75) is 70.3 Å². The number of piperidine rings is 1. The summed E-state index contributed by atoms with van der Waals surface area (Å²) in [5.41, 5.74) is 1.16. The van der Waals surface area contributed by atoms with Gasteiger partial charge in [-0.05, 0) is 37.2 Å². The van der Waals surface area contributed by atoms with Crippen LogP contribution in [-0.4, -0.2) is 40.6 Å². The highest BCUT2D eigenvalue weighted by Gasteiger charge is 2.29. The van der Waals surface area contributed by atoms with Crippen LogP contribution < -0.4 is 0 Å². The number of nitrogens with zero attached hydrogens (tertiary/aromatic N) is 3. The van der Waals surface area contributed by atoms with Crippen LogP contribution in [0.1, 0.15) is 74.6 Å². The van der Waals surface area contributed by atoms with Crippen LogP contribution in [0.25, 0.3) is 0 Å². The number of benzene rings is 1. The van der Waals surface area contributed by atoms with Gasteiger partial charge in [0.05, 0.1) is 19.1 Å². The maximum Gasteiger partial charge on any atom is 0.231 e. The molecule has 1 unspecified atom stereocenters. The molecule has 1 aliphatic carbocycles. The van der Waals surface area contributed by atoms with Gasteiger partial charge in [-0.25, -0.2) is 0 Å². The monoisotopic (exact) mass is 411 g/mol. The molecular weight excluding hydrogens is 378 g/mol. The second kappa shape index (κ2) is 10.7. The lowest BCUT2D eigenvalue weighted by Crippen LogP contribution is -2.40. The Kier molecular flexibility index (Phi) is 7.51. The van der Waals surface area contributed by atoms with E-state index in [1.165, 1.54) is 32.1 Å². The van der Waals surface area contributed by atoms with Crippen molar-refractivity contribution < 1.29 is 14.1 Å². The molecule has 4 rings (SSSR count). The van der Waals surface area contributed by atoms with Gasteiger partial charge in [0.15, 0.2) is 5.82 Å². The lowest BCUT2D eigenvalue weighted by atomic mass is 9.86. The summed E-state index contributed by atoms with van der Waals surface area (Å²) in [5.74, 6) is 2.39. The van der Waals surface area contributed by atoms with Crippen molar-refractivity contribution in [3.63, 3.8) is 0 Å². The standard InChI is InChI=1S/C24H33N3O3/c28-23(16-19-8-3-1-4-9-19)27-14-7-12-21(17-27)24-25-22(26-30-24)13-15-29-18-20-10-5-2-6-11-20/h2,5-6,10-11,19,21H,1,3-4,7-9,12-18H2. The first-order valence-corrected chi connectivity index (χ1v) is 11.5. The summed E-state index contributed by atoms with van der Waals surface area (Å²) >= 11 is 0. The van der Waals surface area contributed by atoms with E-state index < -0.39 is 0 Å². The van der Waals surface area contributed by atoms with Crippen molar-refractivity contribution in [3.8, 4) is 0 Å². The lowest BCUT2D eigenvalue weighted by Gasteiger charge is -2.32. The van der Waals surface area contributed by atoms with E-state index in [1.54, 1.807) is 0 Å². The predicted octanol–water partition coefficient (Wildman–Crippen LogP) is 4.51. The van der Waals surface area contributed by atoms with Gasteiger partial charge < -0.3 is 14.2 Å². The Morgan fingerprint density at radius 1 is 1.10 bits per heavy atom. The SMILES string of the molecule is O=C(CC1CCCCC1)N1CCCC(c2nc(CCOCc3ccccc3)no2)C1. The summed E-state index contributed by atoms with van der Waals surface area (Å²) in [6.07, 6.45) is 9.64. The van der Waals surface area contributed by atoms with E-state index in [4.69, 9.17) is 9.26 Å². The molecule has 2 aromatic rings. The van der Waals surface area contributed by atoms with Crippen molar-refractivity contribution in [3.05, 3.63) is 47.6 Å². The van der Waals surface area contributed by atoms with Gasteiger partial charge in [-0.3, -0.25) is 4.79 Å². The summed E-state index contributed by atoms with van der Waals surface area (Å²) in [4.78, 5) is 19.4. The summed E-state index contributed by atoms with van der Waals surface area (Å²) in [5, 5.41) is 4.13. The van der Waals surface area contributed by atoms with E-state index in [-0.39, 0.29) is 5.92 Å². The van der Waals surface area contributed by atoms with Crippen LogP contribution in [-0.2, 0) is 22.6 Å². The average Bonchev–Trinajstić information content (AvgIpc) is 3.27. The van der Waals surface area contributed by atoms with Crippen LogP contribution >= 0.6 is 0 Å². The van der Waals surface area contributed by atoms with Crippen molar-refractivity contribution in [2.24, 2.45) is 5.92 Å². The summed E-state index contributed by atoms with van der Waals surface area (Å²) in [6, 6.07) is 10.1. The average molecular weight is 412 g/mol. The van der Waals surface area contributed by atoms with Crippen molar-refractivity contribution in [1.82, 2.24) is 15.0 Å². The van der Waals surface area contributed by atoms with Crippen LogP contribution in [0.4, 0.5) is 0 Å². The molecule has 6 heteroatoms. The number of aromatic nitrogens is 2. The molecule has 2 heterocycles. The minimum atomic E-state index is 0.153. The van der Waals surface area contributed by atoms with Crippen LogP contribution in [0.3, 0.4) is 0 Å². The molecule has 1 saturated carbocycles.